The Bertz CT molecular complexity index is 475. The number of rotatable bonds is 4. The summed E-state index contributed by atoms with van der Waals surface area (Å²) < 4.78 is 5.29. The van der Waals surface area contributed by atoms with Crippen molar-refractivity contribution in [3.63, 3.8) is 0 Å². The highest BCUT2D eigenvalue weighted by Crippen LogP contribution is 2.25. The zero-order chi connectivity index (χ0) is 12.3. The Labute approximate surface area is 110 Å². The highest BCUT2D eigenvalue weighted by atomic mass is 79.9. The minimum absolute atomic E-state index is 0.608. The lowest BCUT2D eigenvalue weighted by molar-refractivity contribution is 0.426. The second-order valence-corrected chi connectivity index (χ2v) is 4.81. The molecule has 3 heteroatoms. The first-order valence-electron chi connectivity index (χ1n) is 5.86. The average molecular weight is 294 g/mol. The van der Waals surface area contributed by atoms with Crippen LogP contribution in [0.5, 0.6) is 0 Å². The van der Waals surface area contributed by atoms with E-state index in [1.807, 2.05) is 6.07 Å². The van der Waals surface area contributed by atoms with Crippen molar-refractivity contribution in [3.05, 3.63) is 41.6 Å². The first kappa shape index (κ1) is 12.4. The summed E-state index contributed by atoms with van der Waals surface area (Å²) in [4.78, 5) is 0. The molecule has 0 aliphatic rings. The van der Waals surface area contributed by atoms with Crippen molar-refractivity contribution in [1.82, 2.24) is 5.16 Å². The monoisotopic (exact) mass is 293 g/mol. The van der Waals surface area contributed by atoms with Crippen LogP contribution < -0.4 is 0 Å². The predicted octanol–water partition coefficient (Wildman–Crippen LogP) is 4.75. The molecule has 0 saturated heterocycles. The Morgan fingerprint density at radius 1 is 1.29 bits per heavy atom. The van der Waals surface area contributed by atoms with Gasteiger partial charge in [-0.2, -0.15) is 0 Å². The topological polar surface area (TPSA) is 26.0 Å². The average Bonchev–Trinajstić information content (AvgIpc) is 2.87. The fourth-order valence-electron chi connectivity index (χ4n) is 1.72. The van der Waals surface area contributed by atoms with Gasteiger partial charge in [-0.15, -0.1) is 0 Å². The minimum Gasteiger partial charge on any atom is -0.356 e. The maximum absolute atomic E-state index is 5.29. The molecular formula is C14H16BrNO. The van der Waals surface area contributed by atoms with Gasteiger partial charge in [-0.3, -0.25) is 0 Å². The highest BCUT2D eigenvalue weighted by molar-refractivity contribution is 9.08. The van der Waals surface area contributed by atoms with Gasteiger partial charge in [0.1, 0.15) is 0 Å². The molecule has 0 amide bonds. The van der Waals surface area contributed by atoms with Crippen molar-refractivity contribution in [2.45, 2.75) is 31.5 Å². The third kappa shape index (κ3) is 2.78. The first-order chi connectivity index (χ1) is 8.24. The van der Waals surface area contributed by atoms with Crippen LogP contribution in [0.4, 0.5) is 0 Å². The Kier molecular flexibility index (Phi) is 4.00. The van der Waals surface area contributed by atoms with Gasteiger partial charge >= 0.3 is 0 Å². The molecule has 1 unspecified atom stereocenters. The van der Waals surface area contributed by atoms with Crippen LogP contribution in [0, 0.1) is 0 Å². The van der Waals surface area contributed by atoms with Crippen LogP contribution in [0.25, 0.3) is 11.3 Å². The summed E-state index contributed by atoms with van der Waals surface area (Å²) >= 11 is 3.36. The summed E-state index contributed by atoms with van der Waals surface area (Å²) in [7, 11) is 0. The molecule has 0 saturated carbocycles. The Hall–Kier alpha value is -1.09. The van der Waals surface area contributed by atoms with Crippen molar-refractivity contribution < 1.29 is 4.52 Å². The van der Waals surface area contributed by atoms with Crippen LogP contribution in [0.2, 0.25) is 0 Å². The van der Waals surface area contributed by atoms with E-state index in [0.717, 1.165) is 28.8 Å². The van der Waals surface area contributed by atoms with Gasteiger partial charge in [-0.05, 0) is 17.9 Å². The van der Waals surface area contributed by atoms with Crippen molar-refractivity contribution in [2.75, 3.05) is 0 Å². The van der Waals surface area contributed by atoms with Crippen LogP contribution in [0.3, 0.4) is 0 Å². The molecule has 17 heavy (non-hydrogen) atoms. The van der Waals surface area contributed by atoms with Gasteiger partial charge in [0.25, 0.3) is 0 Å². The van der Waals surface area contributed by atoms with Crippen molar-refractivity contribution in [2.24, 2.45) is 0 Å². The molecule has 2 aromatic rings. The lowest BCUT2D eigenvalue weighted by atomic mass is 9.97. The van der Waals surface area contributed by atoms with Crippen LogP contribution in [-0.2, 0) is 5.33 Å². The Morgan fingerprint density at radius 2 is 2.00 bits per heavy atom. The van der Waals surface area contributed by atoms with Gasteiger partial charge < -0.3 is 4.52 Å². The smallest absolute Gasteiger partial charge is 0.167 e. The van der Waals surface area contributed by atoms with E-state index in [9.17, 15) is 0 Å². The zero-order valence-electron chi connectivity index (χ0n) is 10.1. The third-order valence-corrected chi connectivity index (χ3v) is 3.65. The Balaban J connectivity index is 2.22. The molecule has 2 rings (SSSR count). The molecule has 1 heterocycles. The van der Waals surface area contributed by atoms with Crippen LogP contribution in [-0.4, -0.2) is 5.16 Å². The number of alkyl halides is 1. The third-order valence-electron chi connectivity index (χ3n) is 3.07. The second kappa shape index (κ2) is 5.50. The molecular weight excluding hydrogens is 278 g/mol. The van der Waals surface area contributed by atoms with Gasteiger partial charge in [0, 0.05) is 17.0 Å². The van der Waals surface area contributed by atoms with E-state index in [2.05, 4.69) is 59.2 Å². The summed E-state index contributed by atoms with van der Waals surface area (Å²) in [5.74, 6) is 1.44. The maximum Gasteiger partial charge on any atom is 0.167 e. The largest absolute Gasteiger partial charge is 0.356 e. The maximum atomic E-state index is 5.29. The van der Waals surface area contributed by atoms with Gasteiger partial charge in [0.2, 0.25) is 0 Å². The van der Waals surface area contributed by atoms with Crippen LogP contribution >= 0.6 is 15.9 Å². The van der Waals surface area contributed by atoms with E-state index < -0.39 is 0 Å². The summed E-state index contributed by atoms with van der Waals surface area (Å²) in [6.45, 7) is 4.45. The fraction of sp³-hybridized carbons (Fsp3) is 0.357. The van der Waals surface area contributed by atoms with E-state index in [1.54, 1.807) is 0 Å². The molecule has 0 aliphatic heterocycles. The highest BCUT2D eigenvalue weighted by Gasteiger charge is 2.07. The first-order valence-corrected chi connectivity index (χ1v) is 6.98. The van der Waals surface area contributed by atoms with E-state index in [4.69, 9.17) is 4.52 Å². The minimum atomic E-state index is 0.608. The van der Waals surface area contributed by atoms with Crippen LogP contribution in [0.15, 0.2) is 34.9 Å². The van der Waals surface area contributed by atoms with Crippen molar-refractivity contribution >= 4 is 15.9 Å². The SMILES string of the molecule is CCC(C)c1ccc(-c2cc(CBr)no2)cc1. The molecule has 0 radical (unpaired) electrons. The molecule has 0 fully saturated rings. The molecule has 0 aliphatic carbocycles. The summed E-state index contributed by atoms with van der Waals surface area (Å²) in [5, 5.41) is 4.69. The second-order valence-electron chi connectivity index (χ2n) is 4.25. The van der Waals surface area contributed by atoms with E-state index in [1.165, 1.54) is 5.56 Å². The molecule has 1 aromatic heterocycles. The normalized spacial score (nSPS) is 12.6. The molecule has 0 N–H and O–H groups in total. The molecule has 90 valence electrons. The van der Waals surface area contributed by atoms with Gasteiger partial charge in [-0.25, -0.2) is 0 Å². The van der Waals surface area contributed by atoms with Crippen molar-refractivity contribution in [3.8, 4) is 11.3 Å². The molecule has 0 spiro atoms. The molecule has 2 nitrogen and oxygen atoms in total. The van der Waals surface area contributed by atoms with E-state index >= 15 is 0 Å². The quantitative estimate of drug-likeness (QED) is 0.760. The zero-order valence-corrected chi connectivity index (χ0v) is 11.7. The molecule has 1 aromatic carbocycles. The van der Waals surface area contributed by atoms with Crippen molar-refractivity contribution in [1.29, 1.82) is 0 Å². The van der Waals surface area contributed by atoms with Gasteiger partial charge in [0.05, 0.1) is 5.69 Å². The number of aromatic nitrogens is 1. The number of hydrogen-bond acceptors (Lipinski definition) is 2. The predicted molar refractivity (Wildman–Crippen MR) is 73.3 cm³/mol. The number of halogens is 1. The standard InChI is InChI=1S/C14H16BrNO/c1-3-10(2)11-4-6-12(7-5-11)14-8-13(9-15)16-17-14/h4-8,10H,3,9H2,1-2H3. The molecule has 1 atom stereocenters. The number of nitrogens with zero attached hydrogens (tertiary/aromatic N) is 1. The van der Waals surface area contributed by atoms with Gasteiger partial charge in [-0.1, -0.05) is 59.2 Å². The summed E-state index contributed by atoms with van der Waals surface area (Å²) in [6, 6.07) is 10.5. The Morgan fingerprint density at radius 3 is 2.53 bits per heavy atom. The van der Waals surface area contributed by atoms with E-state index in [-0.39, 0.29) is 0 Å². The lowest BCUT2D eigenvalue weighted by Crippen LogP contribution is -1.90. The molecule has 0 bridgehead atoms. The lowest BCUT2D eigenvalue weighted by Gasteiger charge is -2.08. The summed E-state index contributed by atoms with van der Waals surface area (Å²) in [5.41, 5.74) is 3.37. The van der Waals surface area contributed by atoms with Gasteiger partial charge in [0.15, 0.2) is 5.76 Å². The number of benzene rings is 1. The fourth-order valence-corrected chi connectivity index (χ4v) is 1.99. The number of hydrogen-bond donors (Lipinski definition) is 0. The van der Waals surface area contributed by atoms with Crippen LogP contribution in [0.1, 0.15) is 37.4 Å². The van der Waals surface area contributed by atoms with E-state index in [0.29, 0.717) is 5.92 Å². The summed E-state index contributed by atoms with van der Waals surface area (Å²) in [6.07, 6.45) is 1.16.